The van der Waals surface area contributed by atoms with E-state index >= 15 is 0 Å². The SMILES string of the molecule is CCN1C[C@@H]2CC(N3CCCC3)c3c(C(=O)NCc4cccc(Cl)c4F)c(=O)c(OC)c(n32)C1=O. The number of carbonyl (C=O) groups is 2. The Kier molecular flexibility index (Phi) is 6.31. The van der Waals surface area contributed by atoms with Crippen molar-refractivity contribution in [2.75, 3.05) is 33.3 Å². The number of nitrogens with zero attached hydrogens (tertiary/aromatic N) is 3. The molecule has 0 aliphatic carbocycles. The lowest BCUT2D eigenvalue weighted by Crippen LogP contribution is -2.45. The number of likely N-dealkylation sites (tertiary alicyclic amines) is 1. The Morgan fingerprint density at radius 2 is 2.00 bits per heavy atom. The molecule has 1 unspecified atom stereocenters. The van der Waals surface area contributed by atoms with Crippen LogP contribution in [0.4, 0.5) is 4.39 Å². The second kappa shape index (κ2) is 9.28. The molecule has 1 saturated heterocycles. The van der Waals surface area contributed by atoms with Gasteiger partial charge in [0.05, 0.1) is 29.9 Å². The van der Waals surface area contributed by atoms with Crippen LogP contribution < -0.4 is 15.5 Å². The largest absolute Gasteiger partial charge is 0.491 e. The molecule has 0 saturated carbocycles. The zero-order valence-corrected chi connectivity index (χ0v) is 20.5. The highest BCUT2D eigenvalue weighted by Gasteiger charge is 2.47. The van der Waals surface area contributed by atoms with Crippen LogP contribution in [0.15, 0.2) is 23.0 Å². The molecule has 0 radical (unpaired) electrons. The summed E-state index contributed by atoms with van der Waals surface area (Å²) in [6.07, 6.45) is 2.79. The van der Waals surface area contributed by atoms with E-state index in [9.17, 15) is 18.8 Å². The van der Waals surface area contributed by atoms with Gasteiger partial charge in [-0.05, 0) is 45.3 Å². The van der Waals surface area contributed by atoms with Crippen molar-refractivity contribution < 1.29 is 18.7 Å². The maximum absolute atomic E-state index is 14.4. The molecule has 186 valence electrons. The molecule has 0 bridgehead atoms. The summed E-state index contributed by atoms with van der Waals surface area (Å²) in [5.74, 6) is -1.62. The fraction of sp³-hybridized carbons (Fsp3) is 0.480. The van der Waals surface area contributed by atoms with E-state index in [2.05, 4.69) is 10.2 Å². The first-order valence-electron chi connectivity index (χ1n) is 12.0. The van der Waals surface area contributed by atoms with E-state index in [1.807, 2.05) is 11.5 Å². The number of benzene rings is 1. The van der Waals surface area contributed by atoms with Gasteiger partial charge in [0.1, 0.15) is 11.4 Å². The summed E-state index contributed by atoms with van der Waals surface area (Å²) in [6, 6.07) is 4.34. The number of pyridine rings is 1. The molecule has 3 aliphatic heterocycles. The van der Waals surface area contributed by atoms with Crippen molar-refractivity contribution in [3.63, 3.8) is 0 Å². The van der Waals surface area contributed by atoms with E-state index in [4.69, 9.17) is 16.3 Å². The molecule has 8 nitrogen and oxygen atoms in total. The first-order valence-corrected chi connectivity index (χ1v) is 12.4. The van der Waals surface area contributed by atoms with Gasteiger partial charge in [-0.25, -0.2) is 4.39 Å². The third-order valence-electron chi connectivity index (χ3n) is 7.37. The van der Waals surface area contributed by atoms with Crippen molar-refractivity contribution >= 4 is 23.4 Å². The quantitative estimate of drug-likeness (QED) is 0.656. The Hall–Kier alpha value is -2.91. The summed E-state index contributed by atoms with van der Waals surface area (Å²) < 4.78 is 21.7. The Bertz CT molecular complexity index is 1260. The summed E-state index contributed by atoms with van der Waals surface area (Å²) in [5, 5.41) is 2.66. The van der Waals surface area contributed by atoms with E-state index in [0.29, 0.717) is 25.2 Å². The Morgan fingerprint density at radius 1 is 1.26 bits per heavy atom. The van der Waals surface area contributed by atoms with Gasteiger partial charge in [-0.1, -0.05) is 23.7 Å². The second-order valence-corrected chi connectivity index (χ2v) is 9.64. The minimum Gasteiger partial charge on any atom is -0.491 e. The minimum atomic E-state index is -0.617. The average Bonchev–Trinajstić information content (AvgIpc) is 3.50. The molecule has 1 aromatic heterocycles. The van der Waals surface area contributed by atoms with E-state index in [-0.39, 0.29) is 52.1 Å². The van der Waals surface area contributed by atoms with Crippen LogP contribution in [0.25, 0.3) is 0 Å². The number of methoxy groups -OCH3 is 1. The van der Waals surface area contributed by atoms with E-state index < -0.39 is 17.2 Å². The molecule has 3 aliphatic rings. The molecule has 2 atom stereocenters. The van der Waals surface area contributed by atoms with Gasteiger partial charge in [0.15, 0.2) is 11.4 Å². The standard InChI is InChI=1S/C25H28ClFN4O4/c1-3-29-13-15-11-17(30-9-4-5-10-30)20-18(22(32)23(35-2)21(25(29)34)31(15)20)24(33)28-12-14-7-6-8-16(26)19(14)27/h6-8,15,17H,3-5,9-13H2,1-2H3,(H,28,33)/t15-,17?/m0/s1. The van der Waals surface area contributed by atoms with Crippen LogP contribution >= 0.6 is 11.6 Å². The van der Waals surface area contributed by atoms with Gasteiger partial charge in [0, 0.05) is 25.2 Å². The normalized spacial score (nSPS) is 21.4. The molecule has 1 aromatic carbocycles. The molecule has 1 fully saturated rings. The second-order valence-electron chi connectivity index (χ2n) is 9.23. The van der Waals surface area contributed by atoms with Crippen LogP contribution in [0.3, 0.4) is 0 Å². The van der Waals surface area contributed by atoms with Crippen LogP contribution in [0.1, 0.15) is 70.4 Å². The molecule has 35 heavy (non-hydrogen) atoms. The topological polar surface area (TPSA) is 83.9 Å². The summed E-state index contributed by atoms with van der Waals surface area (Å²) in [4.78, 5) is 44.5. The number of amides is 2. The predicted molar refractivity (Wildman–Crippen MR) is 129 cm³/mol. The fourth-order valence-corrected chi connectivity index (χ4v) is 5.91. The third kappa shape index (κ3) is 3.81. The van der Waals surface area contributed by atoms with Crippen molar-refractivity contribution in [2.45, 2.75) is 44.8 Å². The third-order valence-corrected chi connectivity index (χ3v) is 7.66. The fourth-order valence-electron chi connectivity index (χ4n) is 5.72. The van der Waals surface area contributed by atoms with Gasteiger partial charge in [0.2, 0.25) is 5.43 Å². The highest BCUT2D eigenvalue weighted by molar-refractivity contribution is 6.30. The Balaban J connectivity index is 1.63. The van der Waals surface area contributed by atoms with Crippen molar-refractivity contribution in [2.24, 2.45) is 0 Å². The zero-order chi connectivity index (χ0) is 24.9. The van der Waals surface area contributed by atoms with Gasteiger partial charge >= 0.3 is 0 Å². The van der Waals surface area contributed by atoms with E-state index in [1.165, 1.54) is 19.2 Å². The number of ether oxygens (including phenoxy) is 1. The molecular weight excluding hydrogens is 475 g/mol. The molecule has 0 spiro atoms. The molecule has 2 amide bonds. The van der Waals surface area contributed by atoms with Crippen LogP contribution in [0.5, 0.6) is 5.75 Å². The highest BCUT2D eigenvalue weighted by atomic mass is 35.5. The van der Waals surface area contributed by atoms with Crippen LogP contribution in [0, 0.1) is 5.82 Å². The lowest BCUT2D eigenvalue weighted by atomic mass is 10.0. The highest BCUT2D eigenvalue weighted by Crippen LogP contribution is 2.45. The van der Waals surface area contributed by atoms with Crippen LogP contribution in [-0.4, -0.2) is 59.5 Å². The van der Waals surface area contributed by atoms with Crippen LogP contribution in [-0.2, 0) is 6.54 Å². The summed E-state index contributed by atoms with van der Waals surface area (Å²) >= 11 is 5.87. The monoisotopic (exact) mass is 502 g/mol. The maximum atomic E-state index is 14.4. The molecule has 2 aromatic rings. The van der Waals surface area contributed by atoms with Crippen molar-refractivity contribution in [3.8, 4) is 5.75 Å². The van der Waals surface area contributed by atoms with Gasteiger partial charge in [0.25, 0.3) is 11.8 Å². The van der Waals surface area contributed by atoms with E-state index in [1.54, 1.807) is 11.0 Å². The number of likely N-dealkylation sites (N-methyl/N-ethyl adjacent to an activating group) is 1. The molecule has 10 heteroatoms. The number of halogens is 2. The Labute approximate surface area is 207 Å². The minimum absolute atomic E-state index is 0.0369. The van der Waals surface area contributed by atoms with E-state index in [0.717, 1.165) is 25.9 Å². The molecule has 4 heterocycles. The zero-order valence-electron chi connectivity index (χ0n) is 19.8. The number of nitrogens with one attached hydrogen (secondary N) is 1. The molecular formula is C25H28ClFN4O4. The van der Waals surface area contributed by atoms with Crippen molar-refractivity contribution in [1.82, 2.24) is 19.7 Å². The van der Waals surface area contributed by atoms with Gasteiger partial charge in [-0.3, -0.25) is 19.3 Å². The lowest BCUT2D eigenvalue weighted by molar-refractivity contribution is 0.0672. The van der Waals surface area contributed by atoms with Crippen LogP contribution in [0.2, 0.25) is 5.02 Å². The van der Waals surface area contributed by atoms with Gasteiger partial charge in [-0.2, -0.15) is 0 Å². The van der Waals surface area contributed by atoms with Gasteiger partial charge < -0.3 is 19.5 Å². The van der Waals surface area contributed by atoms with Crippen molar-refractivity contribution in [1.29, 1.82) is 0 Å². The summed E-state index contributed by atoms with van der Waals surface area (Å²) in [7, 11) is 1.34. The number of aromatic nitrogens is 1. The lowest BCUT2D eigenvalue weighted by Gasteiger charge is -2.34. The maximum Gasteiger partial charge on any atom is 0.274 e. The predicted octanol–water partition coefficient (Wildman–Crippen LogP) is 3.14. The molecule has 1 N–H and O–H groups in total. The number of hydrogen-bond acceptors (Lipinski definition) is 5. The first kappa shape index (κ1) is 23.8. The molecule has 5 rings (SSSR count). The Morgan fingerprint density at radius 3 is 2.69 bits per heavy atom. The number of hydrogen-bond donors (Lipinski definition) is 1. The number of rotatable bonds is 6. The first-order chi connectivity index (χ1) is 16.9. The number of carbonyl (C=O) groups excluding carboxylic acids is 2. The average molecular weight is 503 g/mol. The smallest absolute Gasteiger partial charge is 0.274 e. The summed E-state index contributed by atoms with van der Waals surface area (Å²) in [5.41, 5.74) is 0.338. The van der Waals surface area contributed by atoms with Crippen molar-refractivity contribution in [3.05, 3.63) is 61.8 Å². The summed E-state index contributed by atoms with van der Waals surface area (Å²) in [6.45, 7) is 4.54. The van der Waals surface area contributed by atoms with Gasteiger partial charge in [-0.15, -0.1) is 0 Å².